The summed E-state index contributed by atoms with van der Waals surface area (Å²) in [7, 11) is 0. The van der Waals surface area contributed by atoms with Crippen molar-refractivity contribution in [3.05, 3.63) is 52.8 Å². The molecule has 1 amide bonds. The van der Waals surface area contributed by atoms with Gasteiger partial charge in [0, 0.05) is 15.6 Å². The number of pyridine rings is 1. The third kappa shape index (κ3) is 3.08. The van der Waals surface area contributed by atoms with Crippen LogP contribution in [0, 0.1) is 0 Å². The minimum absolute atomic E-state index is 0.194. The Morgan fingerprint density at radius 1 is 1.35 bits per heavy atom. The largest absolute Gasteiger partial charge is 0.321 e. The second-order valence-corrected chi connectivity index (χ2v) is 4.73. The van der Waals surface area contributed by atoms with Crippen molar-refractivity contribution >= 4 is 40.2 Å². The van der Waals surface area contributed by atoms with Crippen LogP contribution in [-0.4, -0.2) is 10.9 Å². The van der Waals surface area contributed by atoms with Crippen LogP contribution >= 0.6 is 28.6 Å². The molecule has 1 aromatic carbocycles. The van der Waals surface area contributed by atoms with Crippen molar-refractivity contribution in [3.63, 3.8) is 0 Å². The Kier molecular flexibility index (Phi) is 3.81. The summed E-state index contributed by atoms with van der Waals surface area (Å²) in [5, 5.41) is 2.76. The maximum Gasteiger partial charge on any atom is 0.256 e. The first kappa shape index (κ1) is 12.1. The number of benzene rings is 1. The molecule has 1 N–H and O–H groups in total. The predicted molar refractivity (Wildman–Crippen MR) is 73.6 cm³/mol. The van der Waals surface area contributed by atoms with Crippen LogP contribution in [0.2, 0.25) is 0 Å². The van der Waals surface area contributed by atoms with E-state index in [0.717, 1.165) is 9.37 Å². The van der Waals surface area contributed by atoms with Gasteiger partial charge in [-0.25, -0.2) is 0 Å². The fourth-order valence-corrected chi connectivity index (χ4v) is 1.95. The fourth-order valence-electron chi connectivity index (χ4n) is 1.32. The monoisotopic (exact) mass is 308 g/mol. The average Bonchev–Trinajstić information content (AvgIpc) is 2.33. The summed E-state index contributed by atoms with van der Waals surface area (Å²) >= 11 is 7.54. The molecule has 1 aromatic heterocycles. The molecule has 0 radical (unpaired) electrons. The first-order valence-electron chi connectivity index (χ1n) is 4.87. The lowest BCUT2D eigenvalue weighted by atomic mass is 10.2. The smallest absolute Gasteiger partial charge is 0.256 e. The number of nitrogens with zero attached hydrogens (tertiary/aromatic N) is 1. The van der Waals surface area contributed by atoms with Crippen LogP contribution < -0.4 is 5.32 Å². The first-order valence-corrected chi connectivity index (χ1v) is 6.11. The third-order valence-corrected chi connectivity index (χ3v) is 3.08. The Morgan fingerprint density at radius 2 is 2.18 bits per heavy atom. The molecule has 0 atom stereocenters. The lowest BCUT2D eigenvalue weighted by Gasteiger charge is -2.06. The first-order chi connectivity index (χ1) is 8.16. The lowest BCUT2D eigenvalue weighted by molar-refractivity contribution is 0.102. The van der Waals surface area contributed by atoms with Crippen LogP contribution in [0.3, 0.4) is 0 Å². The molecule has 2 aromatic rings. The minimum atomic E-state index is -0.194. The summed E-state index contributed by atoms with van der Waals surface area (Å²) in [6.07, 6.45) is 3.25. The molecular formula is C12H9BrN2OS. The topological polar surface area (TPSA) is 42.0 Å². The van der Waals surface area contributed by atoms with Gasteiger partial charge < -0.3 is 5.32 Å². The van der Waals surface area contributed by atoms with Crippen LogP contribution in [0.15, 0.2) is 52.1 Å². The zero-order valence-corrected chi connectivity index (χ0v) is 11.2. The quantitative estimate of drug-likeness (QED) is 0.835. The number of carbonyl (C=O) groups is 1. The van der Waals surface area contributed by atoms with E-state index in [9.17, 15) is 4.79 Å². The van der Waals surface area contributed by atoms with Crippen LogP contribution in [0.5, 0.6) is 0 Å². The Balaban J connectivity index is 2.23. The molecule has 17 heavy (non-hydrogen) atoms. The fraction of sp³-hybridized carbons (Fsp3) is 0. The van der Waals surface area contributed by atoms with Crippen molar-refractivity contribution in [1.29, 1.82) is 0 Å². The number of hydrogen-bond acceptors (Lipinski definition) is 3. The third-order valence-electron chi connectivity index (χ3n) is 2.11. The summed E-state index contributed by atoms with van der Waals surface area (Å²) < 4.78 is 0.733. The van der Waals surface area contributed by atoms with E-state index in [1.165, 1.54) is 0 Å². The number of rotatable bonds is 2. The minimum Gasteiger partial charge on any atom is -0.321 e. The molecule has 0 saturated heterocycles. The molecule has 0 aliphatic rings. The van der Waals surface area contributed by atoms with E-state index < -0.39 is 0 Å². The molecule has 0 aliphatic heterocycles. The van der Waals surface area contributed by atoms with Gasteiger partial charge >= 0.3 is 0 Å². The Labute approximate surface area is 113 Å². The highest BCUT2D eigenvalue weighted by Gasteiger charge is 2.10. The van der Waals surface area contributed by atoms with Crippen LogP contribution in [0.25, 0.3) is 0 Å². The highest BCUT2D eigenvalue weighted by molar-refractivity contribution is 9.10. The number of carbonyl (C=O) groups excluding carboxylic acids is 1. The van der Waals surface area contributed by atoms with Gasteiger partial charge in [-0.15, -0.1) is 12.6 Å². The van der Waals surface area contributed by atoms with Gasteiger partial charge in [-0.2, -0.15) is 0 Å². The van der Waals surface area contributed by atoms with E-state index in [2.05, 4.69) is 38.9 Å². The predicted octanol–water partition coefficient (Wildman–Crippen LogP) is 3.39. The summed E-state index contributed by atoms with van der Waals surface area (Å²) in [6, 6.07) is 8.86. The number of thiol groups is 1. The Hall–Kier alpha value is -1.33. The average molecular weight is 309 g/mol. The Morgan fingerprint density at radius 3 is 2.88 bits per heavy atom. The van der Waals surface area contributed by atoms with E-state index >= 15 is 0 Å². The number of aromatic nitrogens is 1. The van der Waals surface area contributed by atoms with E-state index in [-0.39, 0.29) is 5.91 Å². The van der Waals surface area contributed by atoms with Gasteiger partial charge in [-0.1, -0.05) is 0 Å². The van der Waals surface area contributed by atoms with Gasteiger partial charge in [0.1, 0.15) is 0 Å². The summed E-state index contributed by atoms with van der Waals surface area (Å²) in [5.41, 5.74) is 1.20. The van der Waals surface area contributed by atoms with Crippen LogP contribution in [0.1, 0.15) is 10.4 Å². The number of anilines is 1. The number of hydrogen-bond donors (Lipinski definition) is 2. The highest BCUT2D eigenvalue weighted by Crippen LogP contribution is 2.21. The highest BCUT2D eigenvalue weighted by atomic mass is 79.9. The summed E-state index contributed by atoms with van der Waals surface area (Å²) in [5.74, 6) is -0.194. The molecule has 0 fully saturated rings. The SMILES string of the molecule is O=C(Nc1cccnc1)c1cc(S)ccc1Br. The van der Waals surface area contributed by atoms with Crippen LogP contribution in [-0.2, 0) is 0 Å². The molecule has 2 rings (SSSR count). The molecule has 86 valence electrons. The van der Waals surface area contributed by atoms with E-state index in [1.807, 2.05) is 6.07 Å². The summed E-state index contributed by atoms with van der Waals surface area (Å²) in [4.78, 5) is 16.7. The van der Waals surface area contributed by atoms with Crippen molar-refractivity contribution in [2.24, 2.45) is 0 Å². The molecule has 5 heteroatoms. The summed E-state index contributed by atoms with van der Waals surface area (Å²) in [6.45, 7) is 0. The lowest BCUT2D eigenvalue weighted by Crippen LogP contribution is -2.12. The zero-order valence-electron chi connectivity index (χ0n) is 8.72. The van der Waals surface area contributed by atoms with Crippen molar-refractivity contribution in [2.45, 2.75) is 4.90 Å². The van der Waals surface area contributed by atoms with Crippen molar-refractivity contribution in [2.75, 3.05) is 5.32 Å². The van der Waals surface area contributed by atoms with Gasteiger partial charge in [-0.05, 0) is 46.3 Å². The van der Waals surface area contributed by atoms with Crippen molar-refractivity contribution < 1.29 is 4.79 Å². The van der Waals surface area contributed by atoms with Crippen LogP contribution in [0.4, 0.5) is 5.69 Å². The van der Waals surface area contributed by atoms with Crippen molar-refractivity contribution in [3.8, 4) is 0 Å². The van der Waals surface area contributed by atoms with Crippen molar-refractivity contribution in [1.82, 2.24) is 4.98 Å². The Bertz CT molecular complexity index is 545. The zero-order chi connectivity index (χ0) is 12.3. The molecule has 0 bridgehead atoms. The second-order valence-electron chi connectivity index (χ2n) is 3.36. The van der Waals surface area contributed by atoms with E-state index in [1.54, 1.807) is 36.7 Å². The molecule has 1 heterocycles. The maximum absolute atomic E-state index is 12.0. The van der Waals surface area contributed by atoms with E-state index in [4.69, 9.17) is 0 Å². The number of nitrogens with one attached hydrogen (secondary N) is 1. The van der Waals surface area contributed by atoms with E-state index in [0.29, 0.717) is 11.3 Å². The molecule has 0 unspecified atom stereocenters. The van der Waals surface area contributed by atoms with Gasteiger partial charge in [-0.3, -0.25) is 9.78 Å². The number of halogens is 1. The maximum atomic E-state index is 12.0. The second kappa shape index (κ2) is 5.33. The normalized spacial score (nSPS) is 10.0. The molecular weight excluding hydrogens is 300 g/mol. The molecule has 3 nitrogen and oxygen atoms in total. The van der Waals surface area contributed by atoms with Gasteiger partial charge in [0.15, 0.2) is 0 Å². The van der Waals surface area contributed by atoms with Gasteiger partial charge in [0.25, 0.3) is 5.91 Å². The molecule has 0 aliphatic carbocycles. The molecule has 0 saturated carbocycles. The standard InChI is InChI=1S/C12H9BrN2OS/c13-11-4-3-9(17)6-10(11)12(16)15-8-2-1-5-14-7-8/h1-7,17H,(H,15,16). The van der Waals surface area contributed by atoms with Gasteiger partial charge in [0.05, 0.1) is 17.4 Å². The molecule has 0 spiro atoms. The van der Waals surface area contributed by atoms with Gasteiger partial charge in [0.2, 0.25) is 0 Å². The number of amides is 1.